The Hall–Kier alpha value is -0.500. The molecule has 0 spiro atoms. The summed E-state index contributed by atoms with van der Waals surface area (Å²) in [7, 11) is 0. The number of hydrogen-bond donors (Lipinski definition) is 1. The van der Waals surface area contributed by atoms with Crippen molar-refractivity contribution in [2.45, 2.75) is 13.3 Å². The van der Waals surface area contributed by atoms with Gasteiger partial charge in [0.15, 0.2) is 0 Å². The van der Waals surface area contributed by atoms with E-state index >= 15 is 0 Å². The number of thiol groups is 1. The van der Waals surface area contributed by atoms with Crippen LogP contribution in [0.2, 0.25) is 0 Å². The molecule has 0 radical (unpaired) electrons. The van der Waals surface area contributed by atoms with Crippen molar-refractivity contribution in [3.63, 3.8) is 0 Å². The molecule has 0 heterocycles. The molecule has 0 unspecified atom stereocenters. The van der Waals surface area contributed by atoms with Gasteiger partial charge in [0.05, 0.1) is 5.70 Å². The lowest BCUT2D eigenvalue weighted by atomic mass is 10.3. The van der Waals surface area contributed by atoms with Crippen molar-refractivity contribution in [1.29, 1.82) is 0 Å². The molecule has 0 aliphatic heterocycles. The SMILES string of the molecule is C=C/C(S)=C(/CC)N=C. The Bertz CT molecular complexity index is 147. The Morgan fingerprint density at radius 1 is 1.78 bits per heavy atom. The van der Waals surface area contributed by atoms with Crippen molar-refractivity contribution in [3.8, 4) is 0 Å². The number of hydrogen-bond acceptors (Lipinski definition) is 2. The van der Waals surface area contributed by atoms with Gasteiger partial charge in [-0.2, -0.15) is 0 Å². The predicted octanol–water partition coefficient (Wildman–Crippen LogP) is 2.42. The van der Waals surface area contributed by atoms with Crippen molar-refractivity contribution in [2.75, 3.05) is 0 Å². The summed E-state index contributed by atoms with van der Waals surface area (Å²) in [5, 5.41) is 0. The molecule has 0 amide bonds. The van der Waals surface area contributed by atoms with Gasteiger partial charge in [0, 0.05) is 4.91 Å². The summed E-state index contributed by atoms with van der Waals surface area (Å²) in [6, 6.07) is 0. The van der Waals surface area contributed by atoms with Crippen LogP contribution in [-0.4, -0.2) is 6.72 Å². The van der Waals surface area contributed by atoms with Gasteiger partial charge in [-0.05, 0) is 13.1 Å². The van der Waals surface area contributed by atoms with Crippen LogP contribution in [0.4, 0.5) is 0 Å². The zero-order valence-corrected chi connectivity index (χ0v) is 6.49. The highest BCUT2D eigenvalue weighted by atomic mass is 32.1. The fourth-order valence-corrected chi connectivity index (χ4v) is 0.721. The maximum absolute atomic E-state index is 4.11. The van der Waals surface area contributed by atoms with Gasteiger partial charge in [-0.1, -0.05) is 19.6 Å². The predicted molar refractivity (Wildman–Crippen MR) is 46.0 cm³/mol. The van der Waals surface area contributed by atoms with Crippen LogP contribution >= 0.6 is 12.6 Å². The third-order valence-electron chi connectivity index (χ3n) is 1.01. The molecule has 0 fully saturated rings. The standard InChI is InChI=1S/C7H11NS/c1-4-6(8-3)7(9)5-2/h5,9H,2-4H2,1H3/b7-6+. The molecular formula is C7H11NS. The average Bonchev–Trinajstić information content (AvgIpc) is 1.90. The molecule has 0 aromatic carbocycles. The molecule has 0 aliphatic carbocycles. The van der Waals surface area contributed by atoms with Crippen LogP contribution < -0.4 is 0 Å². The minimum atomic E-state index is 0.812. The summed E-state index contributed by atoms with van der Waals surface area (Å²) in [4.78, 5) is 4.57. The van der Waals surface area contributed by atoms with Gasteiger partial charge in [0.25, 0.3) is 0 Å². The van der Waals surface area contributed by atoms with E-state index in [-0.39, 0.29) is 0 Å². The van der Waals surface area contributed by atoms with E-state index in [9.17, 15) is 0 Å². The van der Waals surface area contributed by atoms with E-state index in [2.05, 4.69) is 30.9 Å². The van der Waals surface area contributed by atoms with Crippen LogP contribution in [0.1, 0.15) is 13.3 Å². The first-order chi connectivity index (χ1) is 4.26. The maximum atomic E-state index is 4.11. The van der Waals surface area contributed by atoms with Crippen molar-refractivity contribution < 1.29 is 0 Å². The molecule has 0 saturated heterocycles. The van der Waals surface area contributed by atoms with E-state index in [1.165, 1.54) is 0 Å². The zero-order chi connectivity index (χ0) is 7.28. The third kappa shape index (κ3) is 2.51. The summed E-state index contributed by atoms with van der Waals surface area (Å²) in [5.74, 6) is 0. The van der Waals surface area contributed by atoms with Gasteiger partial charge < -0.3 is 0 Å². The molecule has 1 nitrogen and oxygen atoms in total. The van der Waals surface area contributed by atoms with Crippen LogP contribution in [0.15, 0.2) is 28.2 Å². The maximum Gasteiger partial charge on any atom is 0.0526 e. The Balaban J connectivity index is 4.36. The van der Waals surface area contributed by atoms with E-state index in [0.29, 0.717) is 0 Å². The third-order valence-corrected chi connectivity index (χ3v) is 1.46. The van der Waals surface area contributed by atoms with Gasteiger partial charge in [-0.3, -0.25) is 4.99 Å². The highest BCUT2D eigenvalue weighted by Gasteiger charge is 1.91. The normalized spacial score (nSPS) is 12.2. The van der Waals surface area contributed by atoms with Crippen LogP contribution in [0.3, 0.4) is 0 Å². The minimum Gasteiger partial charge on any atom is -0.268 e. The summed E-state index contributed by atoms with van der Waals surface area (Å²) in [6.07, 6.45) is 2.52. The van der Waals surface area contributed by atoms with Crippen molar-refractivity contribution in [1.82, 2.24) is 0 Å². The van der Waals surface area contributed by atoms with Crippen LogP contribution in [0.25, 0.3) is 0 Å². The first kappa shape index (κ1) is 8.50. The van der Waals surface area contributed by atoms with Crippen LogP contribution in [-0.2, 0) is 0 Å². The second-order valence-electron chi connectivity index (χ2n) is 1.55. The van der Waals surface area contributed by atoms with Gasteiger partial charge >= 0.3 is 0 Å². The van der Waals surface area contributed by atoms with Crippen molar-refractivity contribution in [2.24, 2.45) is 4.99 Å². The quantitative estimate of drug-likeness (QED) is 0.352. The lowest BCUT2D eigenvalue weighted by Gasteiger charge is -1.96. The molecule has 0 aromatic heterocycles. The molecule has 2 heteroatoms. The van der Waals surface area contributed by atoms with E-state index in [0.717, 1.165) is 17.0 Å². The summed E-state index contributed by atoms with van der Waals surface area (Å²) in [6.45, 7) is 8.96. The van der Waals surface area contributed by atoms with Crippen molar-refractivity contribution in [3.05, 3.63) is 23.3 Å². The van der Waals surface area contributed by atoms with Gasteiger partial charge in [0.1, 0.15) is 0 Å². The number of nitrogens with zero attached hydrogens (tertiary/aromatic N) is 1. The number of rotatable bonds is 3. The van der Waals surface area contributed by atoms with E-state index in [1.807, 2.05) is 6.92 Å². The van der Waals surface area contributed by atoms with E-state index in [1.54, 1.807) is 6.08 Å². The van der Waals surface area contributed by atoms with Gasteiger partial charge in [-0.15, -0.1) is 12.6 Å². The first-order valence-electron chi connectivity index (χ1n) is 2.77. The van der Waals surface area contributed by atoms with Crippen molar-refractivity contribution >= 4 is 19.3 Å². The fraction of sp³-hybridized carbons (Fsp3) is 0.286. The van der Waals surface area contributed by atoms with E-state index < -0.39 is 0 Å². The molecule has 0 aromatic rings. The monoisotopic (exact) mass is 141 g/mol. The summed E-state index contributed by atoms with van der Waals surface area (Å²) in [5.41, 5.74) is 0.897. The average molecular weight is 141 g/mol. The highest BCUT2D eigenvalue weighted by molar-refractivity contribution is 7.84. The molecule has 0 saturated carbocycles. The number of allylic oxidation sites excluding steroid dienone is 2. The fourth-order valence-electron chi connectivity index (χ4n) is 0.492. The first-order valence-corrected chi connectivity index (χ1v) is 3.22. The second-order valence-corrected chi connectivity index (χ2v) is 2.03. The number of aliphatic imine (C=N–C) groups is 1. The van der Waals surface area contributed by atoms with Crippen LogP contribution in [0, 0.1) is 0 Å². The lowest BCUT2D eigenvalue weighted by Crippen LogP contribution is -1.76. The smallest absolute Gasteiger partial charge is 0.0526 e. The van der Waals surface area contributed by atoms with Crippen LogP contribution in [0.5, 0.6) is 0 Å². The van der Waals surface area contributed by atoms with Gasteiger partial charge in [-0.25, -0.2) is 0 Å². The summed E-state index contributed by atoms with van der Waals surface area (Å²) < 4.78 is 0. The molecule has 0 aliphatic rings. The molecule has 0 rings (SSSR count). The minimum absolute atomic E-state index is 0.812. The Morgan fingerprint density at radius 2 is 2.33 bits per heavy atom. The molecular weight excluding hydrogens is 130 g/mol. The van der Waals surface area contributed by atoms with Gasteiger partial charge in [0.2, 0.25) is 0 Å². The highest BCUT2D eigenvalue weighted by Crippen LogP contribution is 2.13. The zero-order valence-electron chi connectivity index (χ0n) is 5.59. The summed E-state index contributed by atoms with van der Waals surface area (Å²) >= 11 is 4.11. The molecule has 0 atom stereocenters. The lowest BCUT2D eigenvalue weighted by molar-refractivity contribution is 1.07. The molecule has 9 heavy (non-hydrogen) atoms. The largest absolute Gasteiger partial charge is 0.268 e. The Kier molecular flexibility index (Phi) is 4.14. The molecule has 0 bridgehead atoms. The van der Waals surface area contributed by atoms with E-state index in [4.69, 9.17) is 0 Å². The topological polar surface area (TPSA) is 12.4 Å². The Labute approximate surface area is 61.6 Å². The second kappa shape index (κ2) is 4.39. The Morgan fingerprint density at radius 3 is 2.44 bits per heavy atom. The molecule has 50 valence electrons. The molecule has 0 N–H and O–H groups in total.